The normalized spacial score (nSPS) is 19.8. The number of rotatable bonds is 3. The first-order chi connectivity index (χ1) is 12.2. The van der Waals surface area contributed by atoms with E-state index in [0.29, 0.717) is 28.4 Å². The van der Waals surface area contributed by atoms with Crippen molar-refractivity contribution in [3.63, 3.8) is 0 Å². The number of aromatic nitrogens is 4. The minimum absolute atomic E-state index is 0.0109. The van der Waals surface area contributed by atoms with Gasteiger partial charge in [0.2, 0.25) is 0 Å². The molecule has 0 saturated heterocycles. The van der Waals surface area contributed by atoms with Gasteiger partial charge in [-0.15, -0.1) is 0 Å². The molecule has 4 rings (SSSR count). The predicted molar refractivity (Wildman–Crippen MR) is 93.1 cm³/mol. The molecule has 0 aliphatic heterocycles. The highest BCUT2D eigenvalue weighted by atomic mass is 16.3. The molecule has 3 aromatic heterocycles. The summed E-state index contributed by atoms with van der Waals surface area (Å²) in [4.78, 5) is 8.64. The van der Waals surface area contributed by atoms with Crippen LogP contribution in [-0.4, -0.2) is 37.0 Å². The number of nitrogens with two attached hydrogens (primary N) is 1. The maximum absolute atomic E-state index is 10.0. The molecule has 1 fully saturated rings. The van der Waals surface area contributed by atoms with Gasteiger partial charge in [-0.2, -0.15) is 15.0 Å². The first-order valence-electron chi connectivity index (χ1n) is 8.10. The molecule has 0 aromatic carbocycles. The van der Waals surface area contributed by atoms with E-state index in [2.05, 4.69) is 26.5 Å². The average Bonchev–Trinajstić information content (AvgIpc) is 3.22. The Balaban J connectivity index is 1.71. The monoisotopic (exact) mass is 335 g/mol. The van der Waals surface area contributed by atoms with E-state index in [4.69, 9.17) is 11.0 Å². The van der Waals surface area contributed by atoms with Crippen molar-refractivity contribution in [2.75, 3.05) is 11.1 Å². The third-order valence-corrected chi connectivity index (χ3v) is 4.49. The Labute approximate surface area is 143 Å². The second kappa shape index (κ2) is 6.03. The number of fused-ring (bicyclic) bond motifs is 1. The van der Waals surface area contributed by atoms with E-state index in [-0.39, 0.29) is 12.1 Å². The molecule has 0 bridgehead atoms. The Bertz CT molecular complexity index is 975. The zero-order valence-electron chi connectivity index (χ0n) is 13.4. The fourth-order valence-corrected chi connectivity index (χ4v) is 3.15. The smallest absolute Gasteiger partial charge is 0.164 e. The summed E-state index contributed by atoms with van der Waals surface area (Å²) in [6.45, 7) is 0. The van der Waals surface area contributed by atoms with Crippen LogP contribution in [0.25, 0.3) is 16.9 Å². The Hall–Kier alpha value is -3.18. The second-order valence-electron chi connectivity index (χ2n) is 6.18. The number of aliphatic hydroxyl groups is 1. The standard InChI is InChI=1S/C17H17N7O/c18-6-10-4-11-8-22-24(17(11)21-7-10)16-5-14(12(19)9-20-16)23-13-2-1-3-15(13)25/h4-5,7-9,13,15,25H,1-3,19H2,(H,20,23)/t13-,15+/m0/s1. The SMILES string of the molecule is N#Cc1cnc2c(cnn2-c2cc(N[C@H]3CCC[C@H]3O)c(N)cn2)c1. The molecule has 1 aliphatic carbocycles. The number of nitrogens with one attached hydrogen (secondary N) is 1. The number of anilines is 2. The molecule has 126 valence electrons. The minimum atomic E-state index is -0.368. The quantitative estimate of drug-likeness (QED) is 0.663. The summed E-state index contributed by atoms with van der Waals surface area (Å²) in [5.74, 6) is 0.566. The topological polar surface area (TPSA) is 126 Å². The number of pyridine rings is 2. The summed E-state index contributed by atoms with van der Waals surface area (Å²) in [6, 6.07) is 5.58. The number of nitriles is 1. The van der Waals surface area contributed by atoms with Crippen LogP contribution in [-0.2, 0) is 0 Å². The van der Waals surface area contributed by atoms with Crippen LogP contribution in [0.2, 0.25) is 0 Å². The molecule has 25 heavy (non-hydrogen) atoms. The van der Waals surface area contributed by atoms with Crippen molar-refractivity contribution >= 4 is 22.4 Å². The number of nitrogen functional groups attached to an aromatic ring is 1. The van der Waals surface area contributed by atoms with Crippen molar-refractivity contribution in [2.45, 2.75) is 31.4 Å². The highest BCUT2D eigenvalue weighted by molar-refractivity contribution is 5.78. The van der Waals surface area contributed by atoms with Crippen molar-refractivity contribution in [3.05, 3.63) is 36.3 Å². The fourth-order valence-electron chi connectivity index (χ4n) is 3.15. The van der Waals surface area contributed by atoms with Crippen molar-refractivity contribution < 1.29 is 5.11 Å². The first kappa shape index (κ1) is 15.4. The van der Waals surface area contributed by atoms with Gasteiger partial charge in [0.05, 0.1) is 41.5 Å². The maximum atomic E-state index is 10.0. The van der Waals surface area contributed by atoms with Crippen molar-refractivity contribution in [3.8, 4) is 11.9 Å². The lowest BCUT2D eigenvalue weighted by molar-refractivity contribution is 0.172. The Morgan fingerprint density at radius 3 is 2.88 bits per heavy atom. The summed E-state index contributed by atoms with van der Waals surface area (Å²) in [6.07, 6.45) is 7.04. The van der Waals surface area contributed by atoms with E-state index < -0.39 is 0 Å². The minimum Gasteiger partial charge on any atom is -0.396 e. The highest BCUT2D eigenvalue weighted by Gasteiger charge is 2.25. The van der Waals surface area contributed by atoms with Gasteiger partial charge in [-0.1, -0.05) is 0 Å². The average molecular weight is 335 g/mol. The van der Waals surface area contributed by atoms with Gasteiger partial charge >= 0.3 is 0 Å². The van der Waals surface area contributed by atoms with Gasteiger partial charge in [-0.3, -0.25) is 0 Å². The Morgan fingerprint density at radius 1 is 1.24 bits per heavy atom. The number of nitrogens with zero attached hydrogens (tertiary/aromatic N) is 5. The van der Waals surface area contributed by atoms with E-state index in [0.717, 1.165) is 24.6 Å². The van der Waals surface area contributed by atoms with Gasteiger partial charge < -0.3 is 16.2 Å². The van der Waals surface area contributed by atoms with Crippen molar-refractivity contribution in [1.29, 1.82) is 5.26 Å². The van der Waals surface area contributed by atoms with Gasteiger partial charge in [-0.25, -0.2) is 9.97 Å². The van der Waals surface area contributed by atoms with E-state index in [1.807, 2.05) is 0 Å². The largest absolute Gasteiger partial charge is 0.396 e. The van der Waals surface area contributed by atoms with Crippen LogP contribution in [0.4, 0.5) is 11.4 Å². The van der Waals surface area contributed by atoms with Gasteiger partial charge in [-0.05, 0) is 25.3 Å². The summed E-state index contributed by atoms with van der Waals surface area (Å²) in [5, 5.41) is 27.4. The molecular formula is C17H17N7O. The van der Waals surface area contributed by atoms with Crippen LogP contribution in [0.3, 0.4) is 0 Å². The Morgan fingerprint density at radius 2 is 2.12 bits per heavy atom. The summed E-state index contributed by atoms with van der Waals surface area (Å²) in [5.41, 5.74) is 8.35. The first-order valence-corrected chi connectivity index (χ1v) is 8.10. The Kier molecular flexibility index (Phi) is 3.71. The summed E-state index contributed by atoms with van der Waals surface area (Å²) < 4.78 is 1.60. The van der Waals surface area contributed by atoms with Gasteiger partial charge in [0.1, 0.15) is 6.07 Å². The van der Waals surface area contributed by atoms with Crippen LogP contribution >= 0.6 is 0 Å². The molecule has 0 unspecified atom stereocenters. The molecule has 4 N–H and O–H groups in total. The van der Waals surface area contributed by atoms with E-state index >= 15 is 0 Å². The molecule has 1 aliphatic rings. The molecule has 2 atom stereocenters. The van der Waals surface area contributed by atoms with Crippen LogP contribution in [0, 0.1) is 11.3 Å². The third kappa shape index (κ3) is 2.75. The predicted octanol–water partition coefficient (Wildman–Crippen LogP) is 1.59. The maximum Gasteiger partial charge on any atom is 0.164 e. The summed E-state index contributed by atoms with van der Waals surface area (Å²) in [7, 11) is 0. The third-order valence-electron chi connectivity index (χ3n) is 4.49. The van der Waals surface area contributed by atoms with Crippen LogP contribution < -0.4 is 11.1 Å². The molecule has 0 radical (unpaired) electrons. The highest BCUT2D eigenvalue weighted by Crippen LogP contribution is 2.27. The lowest BCUT2D eigenvalue weighted by Crippen LogP contribution is -2.28. The summed E-state index contributed by atoms with van der Waals surface area (Å²) >= 11 is 0. The molecule has 1 saturated carbocycles. The van der Waals surface area contributed by atoms with E-state index in [1.165, 1.54) is 6.20 Å². The van der Waals surface area contributed by atoms with Crippen LogP contribution in [0.1, 0.15) is 24.8 Å². The second-order valence-corrected chi connectivity index (χ2v) is 6.18. The molecule has 3 aromatic rings. The molecular weight excluding hydrogens is 318 g/mol. The molecule has 3 heterocycles. The lowest BCUT2D eigenvalue weighted by atomic mass is 10.2. The molecule has 8 nitrogen and oxygen atoms in total. The van der Waals surface area contributed by atoms with E-state index in [1.54, 1.807) is 29.2 Å². The van der Waals surface area contributed by atoms with Gasteiger partial charge in [0.15, 0.2) is 11.5 Å². The lowest BCUT2D eigenvalue weighted by Gasteiger charge is -2.19. The molecule has 8 heteroatoms. The van der Waals surface area contributed by atoms with Crippen molar-refractivity contribution in [2.24, 2.45) is 0 Å². The van der Waals surface area contributed by atoms with Crippen LogP contribution in [0.15, 0.2) is 30.7 Å². The van der Waals surface area contributed by atoms with E-state index in [9.17, 15) is 5.11 Å². The van der Waals surface area contributed by atoms with Crippen LogP contribution in [0.5, 0.6) is 0 Å². The zero-order chi connectivity index (χ0) is 17.4. The van der Waals surface area contributed by atoms with Gasteiger partial charge in [0.25, 0.3) is 0 Å². The number of hydrogen-bond donors (Lipinski definition) is 3. The zero-order valence-corrected chi connectivity index (χ0v) is 13.4. The van der Waals surface area contributed by atoms with Gasteiger partial charge in [0, 0.05) is 17.6 Å². The fraction of sp³-hybridized carbons (Fsp3) is 0.294. The molecule has 0 amide bonds. The number of aliphatic hydroxyl groups excluding tert-OH is 1. The van der Waals surface area contributed by atoms with Crippen molar-refractivity contribution in [1.82, 2.24) is 19.7 Å². The molecule has 0 spiro atoms. The number of hydrogen-bond acceptors (Lipinski definition) is 7.